The molecule has 55 heavy (non-hydrogen) atoms. The highest BCUT2D eigenvalue weighted by Gasteiger charge is 2.23. The van der Waals surface area contributed by atoms with E-state index in [0.717, 1.165) is 22.2 Å². The third kappa shape index (κ3) is 4.12. The second kappa shape index (κ2) is 10.9. The largest absolute Gasteiger partial charge is 0.278 e. The normalized spacial score (nSPS) is 12.4. The molecule has 0 aliphatic carbocycles. The number of rotatable bonds is 3. The Morgan fingerprint density at radius 1 is 0.345 bits per heavy atom. The van der Waals surface area contributed by atoms with Crippen molar-refractivity contribution >= 4 is 117 Å². The molecule has 0 amide bonds. The molecule has 0 saturated heterocycles. The average Bonchev–Trinajstić information content (AvgIpc) is 3.92. The van der Waals surface area contributed by atoms with E-state index in [4.69, 9.17) is 15.0 Å². The second-order valence-corrected chi connectivity index (χ2v) is 16.5. The van der Waals surface area contributed by atoms with Crippen molar-refractivity contribution in [1.29, 1.82) is 0 Å². The van der Waals surface area contributed by atoms with E-state index in [1.165, 1.54) is 83.4 Å². The van der Waals surface area contributed by atoms with Gasteiger partial charge in [0.1, 0.15) is 0 Å². The number of hydrogen-bond acceptors (Lipinski definition) is 5. The molecule has 0 N–H and O–H groups in total. The Hall–Kier alpha value is -6.73. The van der Waals surface area contributed by atoms with Crippen LogP contribution < -0.4 is 0 Å². The summed E-state index contributed by atoms with van der Waals surface area (Å²) in [7, 11) is 0. The van der Waals surface area contributed by atoms with Crippen LogP contribution in [-0.4, -0.2) is 19.5 Å². The summed E-state index contributed by atoms with van der Waals surface area (Å²) in [6, 6.07) is 57.1. The van der Waals surface area contributed by atoms with E-state index in [2.05, 4.69) is 162 Å². The lowest BCUT2D eigenvalue weighted by atomic mass is 9.91. The van der Waals surface area contributed by atoms with Gasteiger partial charge in [-0.05, 0) is 68.7 Å². The summed E-state index contributed by atoms with van der Waals surface area (Å²) in [6.07, 6.45) is 0. The Bertz CT molecular complexity index is 3610. The van der Waals surface area contributed by atoms with Crippen LogP contribution in [-0.2, 0) is 0 Å². The van der Waals surface area contributed by atoms with Crippen molar-refractivity contribution < 1.29 is 0 Å². The fourth-order valence-electron chi connectivity index (χ4n) is 9.00. The lowest BCUT2D eigenvalue weighted by Crippen LogP contribution is -2.06. The summed E-state index contributed by atoms with van der Waals surface area (Å²) in [6.45, 7) is 0. The van der Waals surface area contributed by atoms with Gasteiger partial charge in [-0.2, -0.15) is 9.97 Å². The zero-order valence-electron chi connectivity index (χ0n) is 29.1. The molecule has 0 unspecified atom stereocenters. The van der Waals surface area contributed by atoms with E-state index in [9.17, 15) is 0 Å². The molecule has 0 radical (unpaired) electrons. The number of benzene rings is 9. The fraction of sp³-hybridized carbons (Fsp3) is 0. The van der Waals surface area contributed by atoms with Gasteiger partial charge in [0.25, 0.3) is 0 Å². The molecular formula is C49H26N4S2. The monoisotopic (exact) mass is 734 g/mol. The molecule has 0 atom stereocenters. The van der Waals surface area contributed by atoms with Gasteiger partial charge in [-0.15, -0.1) is 22.7 Å². The summed E-state index contributed by atoms with van der Waals surface area (Å²) in [4.78, 5) is 16.0. The zero-order chi connectivity index (χ0) is 35.8. The molecule has 0 spiro atoms. The zero-order valence-corrected chi connectivity index (χ0v) is 30.7. The van der Waals surface area contributed by atoms with Crippen molar-refractivity contribution in [1.82, 2.24) is 19.5 Å². The van der Waals surface area contributed by atoms with E-state index in [1.807, 2.05) is 22.7 Å². The number of thiophene rings is 2. The predicted molar refractivity (Wildman–Crippen MR) is 235 cm³/mol. The molecule has 0 aliphatic heterocycles. The molecule has 13 aromatic rings. The van der Waals surface area contributed by atoms with Crippen molar-refractivity contribution in [2.45, 2.75) is 0 Å². The fourth-order valence-corrected chi connectivity index (χ4v) is 11.3. The summed E-state index contributed by atoms with van der Waals surface area (Å²) in [5, 5.41) is 15.1. The van der Waals surface area contributed by atoms with Gasteiger partial charge < -0.3 is 0 Å². The molecule has 0 saturated carbocycles. The van der Waals surface area contributed by atoms with Gasteiger partial charge in [-0.3, -0.25) is 4.57 Å². The van der Waals surface area contributed by atoms with Crippen LogP contribution in [0.4, 0.5) is 0 Å². The Balaban J connectivity index is 1.12. The van der Waals surface area contributed by atoms with Crippen LogP contribution in [0.2, 0.25) is 0 Å². The Labute approximate surface area is 321 Å². The summed E-state index contributed by atoms with van der Waals surface area (Å²) >= 11 is 3.62. The van der Waals surface area contributed by atoms with Crippen LogP contribution in [0.25, 0.3) is 123 Å². The van der Waals surface area contributed by atoms with E-state index < -0.39 is 0 Å². The molecule has 0 fully saturated rings. The Morgan fingerprint density at radius 2 is 0.836 bits per heavy atom. The molecule has 254 valence electrons. The van der Waals surface area contributed by atoms with Crippen molar-refractivity contribution in [3.8, 4) is 28.7 Å². The Kier molecular flexibility index (Phi) is 5.90. The van der Waals surface area contributed by atoms with Gasteiger partial charge in [-0.1, -0.05) is 121 Å². The predicted octanol–water partition coefficient (Wildman–Crippen LogP) is 13.9. The van der Waals surface area contributed by atoms with E-state index >= 15 is 0 Å². The average molecular weight is 735 g/mol. The quantitative estimate of drug-likeness (QED) is 0.170. The van der Waals surface area contributed by atoms with Crippen LogP contribution in [0.15, 0.2) is 158 Å². The first-order chi connectivity index (χ1) is 27.2. The summed E-state index contributed by atoms with van der Waals surface area (Å²) in [5.74, 6) is 1.92. The third-order valence-corrected chi connectivity index (χ3v) is 13.7. The first-order valence-corrected chi connectivity index (χ1v) is 20.1. The first-order valence-electron chi connectivity index (χ1n) is 18.4. The van der Waals surface area contributed by atoms with Gasteiger partial charge in [0.05, 0.1) is 11.0 Å². The standard InChI is InChI=1S/C49H26N4S2/c1-2-10-30-27(9-1)19-24-36-35-13-7-15-38-45(35)46-37(44(30)36)14-8-16-39(46)53(38)49-51-47(28-20-22-33-31-11-3-5-17-40(31)54-42(33)25-28)50-48(52-49)29-21-23-34-32-12-4-6-18-41(32)55-43(34)26-29/h1-26H. The van der Waals surface area contributed by atoms with E-state index in [1.54, 1.807) is 0 Å². The molecule has 4 heterocycles. The lowest BCUT2D eigenvalue weighted by molar-refractivity contribution is 0.954. The van der Waals surface area contributed by atoms with E-state index in [0.29, 0.717) is 17.6 Å². The maximum Gasteiger partial charge on any atom is 0.238 e. The number of nitrogens with zero attached hydrogens (tertiary/aromatic N) is 4. The minimum Gasteiger partial charge on any atom is -0.278 e. The van der Waals surface area contributed by atoms with Crippen molar-refractivity contribution in [2.75, 3.05) is 0 Å². The van der Waals surface area contributed by atoms with Crippen LogP contribution in [0.5, 0.6) is 0 Å². The van der Waals surface area contributed by atoms with Crippen molar-refractivity contribution in [2.24, 2.45) is 0 Å². The van der Waals surface area contributed by atoms with Gasteiger partial charge in [0, 0.05) is 62.2 Å². The maximum atomic E-state index is 5.36. The van der Waals surface area contributed by atoms with Crippen LogP contribution in [0.3, 0.4) is 0 Å². The van der Waals surface area contributed by atoms with E-state index in [-0.39, 0.29) is 0 Å². The molecule has 4 nitrogen and oxygen atoms in total. The summed E-state index contributed by atoms with van der Waals surface area (Å²) < 4.78 is 7.25. The Morgan fingerprint density at radius 3 is 1.49 bits per heavy atom. The minimum absolute atomic E-state index is 0.609. The minimum atomic E-state index is 0.609. The highest BCUT2D eigenvalue weighted by molar-refractivity contribution is 7.26. The van der Waals surface area contributed by atoms with Gasteiger partial charge in [0.15, 0.2) is 11.6 Å². The topological polar surface area (TPSA) is 43.6 Å². The molecule has 9 aromatic carbocycles. The highest BCUT2D eigenvalue weighted by Crippen LogP contribution is 2.46. The van der Waals surface area contributed by atoms with Crippen molar-refractivity contribution in [3.05, 3.63) is 158 Å². The molecular weight excluding hydrogens is 709 g/mol. The smallest absolute Gasteiger partial charge is 0.238 e. The number of hydrogen-bond donors (Lipinski definition) is 0. The number of aromatic nitrogens is 4. The molecule has 0 aliphatic rings. The molecule has 6 heteroatoms. The van der Waals surface area contributed by atoms with Gasteiger partial charge in [0.2, 0.25) is 5.95 Å². The molecule has 4 aromatic heterocycles. The third-order valence-electron chi connectivity index (χ3n) is 11.4. The van der Waals surface area contributed by atoms with Crippen LogP contribution in [0, 0.1) is 0 Å². The SMILES string of the molecule is c1ccc2c(c1)ccc1c3cccc4c3c3c(cccc3n4-c3nc(-c4ccc5c(c4)sc4ccccc45)nc(-c4ccc5c(c4)sc4ccccc45)n3)c21. The van der Waals surface area contributed by atoms with Crippen LogP contribution >= 0.6 is 22.7 Å². The van der Waals surface area contributed by atoms with Gasteiger partial charge >= 0.3 is 0 Å². The second-order valence-electron chi connectivity index (χ2n) is 14.3. The summed E-state index contributed by atoms with van der Waals surface area (Å²) in [5.41, 5.74) is 4.11. The van der Waals surface area contributed by atoms with Gasteiger partial charge in [-0.25, -0.2) is 4.98 Å². The van der Waals surface area contributed by atoms with Crippen molar-refractivity contribution in [3.63, 3.8) is 0 Å². The maximum absolute atomic E-state index is 5.36. The number of fused-ring (bicyclic) bond motifs is 11. The first kappa shape index (κ1) is 29.7. The lowest BCUT2D eigenvalue weighted by Gasteiger charge is -2.11. The molecule has 13 rings (SSSR count). The van der Waals surface area contributed by atoms with Crippen LogP contribution in [0.1, 0.15) is 0 Å². The molecule has 0 bridgehead atoms. The highest BCUT2D eigenvalue weighted by atomic mass is 32.1.